The maximum Gasteiger partial charge on any atom is 0.390 e. The highest BCUT2D eigenvalue weighted by molar-refractivity contribution is 5.93. The number of para-hydroxylation sites is 1. The number of halogens is 3. The average Bonchev–Trinajstić information content (AvgIpc) is 2.54. The van der Waals surface area contributed by atoms with Crippen LogP contribution in [0.25, 0.3) is 0 Å². The number of benzene rings is 2. The predicted molar refractivity (Wildman–Crippen MR) is 91.1 cm³/mol. The largest absolute Gasteiger partial charge is 0.390 e. The summed E-state index contributed by atoms with van der Waals surface area (Å²) < 4.78 is 37.0. The minimum absolute atomic E-state index is 0.226. The molecule has 6 heteroatoms. The van der Waals surface area contributed by atoms with Crippen LogP contribution in [0.15, 0.2) is 59.6 Å². The fraction of sp³-hybridized carbons (Fsp3) is 0.278. The quantitative estimate of drug-likeness (QED) is 0.623. The van der Waals surface area contributed by atoms with Crippen molar-refractivity contribution in [2.24, 2.45) is 4.99 Å². The standard InChI is InChI=1S/C18H20F3N3/c1-14-7-9-15(10-8-14)13-23-17(22-12-11-18(19,20)21)24-16-5-3-2-4-6-16/h2-10H,11-13H2,1H3,(H2,22,23,24). The van der Waals surface area contributed by atoms with E-state index in [4.69, 9.17) is 0 Å². The molecule has 0 saturated heterocycles. The Hall–Kier alpha value is -2.50. The van der Waals surface area contributed by atoms with Crippen LogP contribution in [-0.4, -0.2) is 18.7 Å². The van der Waals surface area contributed by atoms with E-state index in [1.807, 2.05) is 61.5 Å². The second-order valence-corrected chi connectivity index (χ2v) is 5.43. The van der Waals surface area contributed by atoms with E-state index in [1.54, 1.807) is 0 Å². The number of nitrogens with zero attached hydrogens (tertiary/aromatic N) is 1. The second-order valence-electron chi connectivity index (χ2n) is 5.43. The normalized spacial score (nSPS) is 12.1. The highest BCUT2D eigenvalue weighted by atomic mass is 19.4. The number of aliphatic imine (C=N–C) groups is 1. The number of alkyl halides is 3. The van der Waals surface area contributed by atoms with Crippen molar-refractivity contribution in [1.82, 2.24) is 5.32 Å². The summed E-state index contributed by atoms with van der Waals surface area (Å²) in [6.45, 7) is 2.15. The van der Waals surface area contributed by atoms with Crippen LogP contribution in [0.5, 0.6) is 0 Å². The van der Waals surface area contributed by atoms with E-state index in [1.165, 1.54) is 0 Å². The van der Waals surface area contributed by atoms with E-state index < -0.39 is 12.6 Å². The molecule has 0 aliphatic rings. The van der Waals surface area contributed by atoms with Gasteiger partial charge in [-0.1, -0.05) is 48.0 Å². The first-order valence-corrected chi connectivity index (χ1v) is 7.65. The van der Waals surface area contributed by atoms with Gasteiger partial charge in [0.05, 0.1) is 13.0 Å². The zero-order valence-corrected chi connectivity index (χ0v) is 13.4. The van der Waals surface area contributed by atoms with Crippen LogP contribution in [0.1, 0.15) is 17.5 Å². The molecule has 0 aromatic heterocycles. The van der Waals surface area contributed by atoms with Crippen LogP contribution in [0.3, 0.4) is 0 Å². The molecular formula is C18H20F3N3. The van der Waals surface area contributed by atoms with Gasteiger partial charge in [-0.3, -0.25) is 0 Å². The van der Waals surface area contributed by atoms with E-state index in [9.17, 15) is 13.2 Å². The highest BCUT2D eigenvalue weighted by Gasteiger charge is 2.26. The van der Waals surface area contributed by atoms with E-state index >= 15 is 0 Å². The zero-order chi connectivity index (χ0) is 17.4. The number of guanidine groups is 1. The number of rotatable bonds is 5. The Kier molecular flexibility index (Phi) is 6.23. The summed E-state index contributed by atoms with van der Waals surface area (Å²) in [6.07, 6.45) is -5.10. The summed E-state index contributed by atoms with van der Waals surface area (Å²) in [5.74, 6) is 0.325. The third kappa shape index (κ3) is 6.73. The average molecular weight is 335 g/mol. The molecule has 2 aromatic rings. The molecule has 2 aromatic carbocycles. The number of aryl methyl sites for hydroxylation is 1. The first-order valence-electron chi connectivity index (χ1n) is 7.65. The van der Waals surface area contributed by atoms with Gasteiger partial charge in [0, 0.05) is 12.2 Å². The molecule has 0 saturated carbocycles. The van der Waals surface area contributed by atoms with E-state index in [2.05, 4.69) is 15.6 Å². The lowest BCUT2D eigenvalue weighted by molar-refractivity contribution is -0.132. The molecule has 24 heavy (non-hydrogen) atoms. The zero-order valence-electron chi connectivity index (χ0n) is 13.4. The molecule has 0 unspecified atom stereocenters. The maximum atomic E-state index is 12.3. The van der Waals surface area contributed by atoms with E-state index in [0.29, 0.717) is 12.5 Å². The lowest BCUT2D eigenvalue weighted by atomic mass is 10.1. The van der Waals surface area contributed by atoms with Gasteiger partial charge in [0.2, 0.25) is 0 Å². The summed E-state index contributed by atoms with van der Waals surface area (Å²) in [7, 11) is 0. The van der Waals surface area contributed by atoms with Gasteiger partial charge in [0.25, 0.3) is 0 Å². The molecule has 2 rings (SSSR count). The molecule has 0 amide bonds. The minimum atomic E-state index is -4.19. The number of hydrogen-bond donors (Lipinski definition) is 2. The smallest absolute Gasteiger partial charge is 0.356 e. The SMILES string of the molecule is Cc1ccc(CN=C(NCCC(F)(F)F)Nc2ccccc2)cc1. The summed E-state index contributed by atoms with van der Waals surface area (Å²) >= 11 is 0. The second kappa shape index (κ2) is 8.38. The molecule has 0 atom stereocenters. The van der Waals surface area contributed by atoms with Crippen LogP contribution in [0.4, 0.5) is 18.9 Å². The van der Waals surface area contributed by atoms with Gasteiger partial charge >= 0.3 is 6.18 Å². The van der Waals surface area contributed by atoms with Gasteiger partial charge in [0.1, 0.15) is 0 Å². The van der Waals surface area contributed by atoms with Crippen molar-refractivity contribution in [3.8, 4) is 0 Å². The van der Waals surface area contributed by atoms with Crippen LogP contribution in [-0.2, 0) is 6.54 Å². The topological polar surface area (TPSA) is 36.4 Å². The fourth-order valence-electron chi connectivity index (χ4n) is 1.98. The van der Waals surface area contributed by atoms with Gasteiger partial charge in [-0.25, -0.2) is 4.99 Å². The molecule has 0 heterocycles. The van der Waals surface area contributed by atoms with Crippen molar-refractivity contribution >= 4 is 11.6 Å². The molecule has 0 bridgehead atoms. The fourth-order valence-corrected chi connectivity index (χ4v) is 1.98. The number of nitrogens with one attached hydrogen (secondary N) is 2. The highest BCUT2D eigenvalue weighted by Crippen LogP contribution is 2.18. The van der Waals surface area contributed by atoms with Crippen molar-refractivity contribution in [2.75, 3.05) is 11.9 Å². The Morgan fingerprint density at radius 1 is 1.00 bits per heavy atom. The van der Waals surface area contributed by atoms with Gasteiger partial charge in [-0.05, 0) is 24.6 Å². The molecule has 0 radical (unpaired) electrons. The number of hydrogen-bond acceptors (Lipinski definition) is 1. The third-order valence-corrected chi connectivity index (χ3v) is 3.28. The Bertz CT molecular complexity index is 649. The minimum Gasteiger partial charge on any atom is -0.356 e. The molecule has 0 spiro atoms. The first kappa shape index (κ1) is 17.8. The van der Waals surface area contributed by atoms with Crippen molar-refractivity contribution in [3.63, 3.8) is 0 Å². The summed E-state index contributed by atoms with van der Waals surface area (Å²) in [6, 6.07) is 17.1. The molecule has 0 aliphatic heterocycles. The molecule has 2 N–H and O–H groups in total. The van der Waals surface area contributed by atoms with Crippen LogP contribution >= 0.6 is 0 Å². The van der Waals surface area contributed by atoms with Crippen LogP contribution < -0.4 is 10.6 Å². The lowest BCUT2D eigenvalue weighted by Gasteiger charge is -2.13. The van der Waals surface area contributed by atoms with Gasteiger partial charge in [0.15, 0.2) is 5.96 Å². The van der Waals surface area contributed by atoms with Crippen molar-refractivity contribution in [3.05, 3.63) is 65.7 Å². The van der Waals surface area contributed by atoms with Crippen LogP contribution in [0.2, 0.25) is 0 Å². The Labute approximate surface area is 139 Å². The Balaban J connectivity index is 2.03. The maximum absolute atomic E-state index is 12.3. The van der Waals surface area contributed by atoms with E-state index in [0.717, 1.165) is 16.8 Å². The summed E-state index contributed by atoms with van der Waals surface area (Å²) in [5, 5.41) is 5.74. The first-order chi connectivity index (χ1) is 11.4. The lowest BCUT2D eigenvalue weighted by Crippen LogP contribution is -2.33. The van der Waals surface area contributed by atoms with Crippen molar-refractivity contribution < 1.29 is 13.2 Å². The molecule has 0 aliphatic carbocycles. The molecule has 128 valence electrons. The Morgan fingerprint density at radius 3 is 2.29 bits per heavy atom. The summed E-state index contributed by atoms with van der Waals surface area (Å²) in [4.78, 5) is 4.37. The molecule has 0 fully saturated rings. The van der Waals surface area contributed by atoms with Crippen molar-refractivity contribution in [1.29, 1.82) is 0 Å². The Morgan fingerprint density at radius 2 is 1.67 bits per heavy atom. The summed E-state index contributed by atoms with van der Waals surface area (Å²) in [5.41, 5.74) is 2.90. The third-order valence-electron chi connectivity index (χ3n) is 3.28. The number of anilines is 1. The van der Waals surface area contributed by atoms with Crippen molar-refractivity contribution in [2.45, 2.75) is 26.1 Å². The van der Waals surface area contributed by atoms with Gasteiger partial charge in [-0.15, -0.1) is 0 Å². The van der Waals surface area contributed by atoms with E-state index in [-0.39, 0.29) is 6.54 Å². The molecule has 3 nitrogen and oxygen atoms in total. The van der Waals surface area contributed by atoms with Gasteiger partial charge in [-0.2, -0.15) is 13.2 Å². The van der Waals surface area contributed by atoms with Gasteiger partial charge < -0.3 is 10.6 Å². The monoisotopic (exact) mass is 335 g/mol. The van der Waals surface area contributed by atoms with Crippen LogP contribution in [0, 0.1) is 6.92 Å². The predicted octanol–water partition coefficient (Wildman–Crippen LogP) is 4.51. The molecular weight excluding hydrogens is 315 g/mol.